The van der Waals surface area contributed by atoms with Crippen LogP contribution in [0.4, 0.5) is 0 Å². The number of rotatable bonds is 4. The van der Waals surface area contributed by atoms with Gasteiger partial charge in [-0.25, -0.2) is 0 Å². The van der Waals surface area contributed by atoms with Crippen molar-refractivity contribution in [3.63, 3.8) is 0 Å². The second-order valence-corrected chi connectivity index (χ2v) is 6.02. The van der Waals surface area contributed by atoms with E-state index in [0.717, 1.165) is 37.3 Å². The molecule has 0 bridgehead atoms. The zero-order valence-corrected chi connectivity index (χ0v) is 13.2. The Balaban J connectivity index is 1.97. The molecule has 1 heterocycles. The van der Waals surface area contributed by atoms with E-state index in [-0.39, 0.29) is 6.04 Å². The van der Waals surface area contributed by atoms with Crippen molar-refractivity contribution < 1.29 is 5.11 Å². The van der Waals surface area contributed by atoms with Gasteiger partial charge in [0, 0.05) is 31.2 Å². The molecule has 4 heteroatoms. The summed E-state index contributed by atoms with van der Waals surface area (Å²) in [7, 11) is 0. The van der Waals surface area contributed by atoms with Crippen molar-refractivity contribution in [3.05, 3.63) is 70.7 Å². The summed E-state index contributed by atoms with van der Waals surface area (Å²) in [6.45, 7) is 3.67. The minimum absolute atomic E-state index is 0.127. The van der Waals surface area contributed by atoms with Crippen LogP contribution >= 0.6 is 11.6 Å². The Labute approximate surface area is 136 Å². The highest BCUT2D eigenvalue weighted by molar-refractivity contribution is 6.31. The summed E-state index contributed by atoms with van der Waals surface area (Å²) in [4.78, 5) is 2.31. The molecule has 0 aromatic heterocycles. The highest BCUT2D eigenvalue weighted by Crippen LogP contribution is 2.37. The lowest BCUT2D eigenvalue weighted by Gasteiger charge is -2.38. The van der Waals surface area contributed by atoms with Gasteiger partial charge in [-0.15, -0.1) is 0 Å². The predicted molar refractivity (Wildman–Crippen MR) is 90.0 cm³/mol. The summed E-state index contributed by atoms with van der Waals surface area (Å²) in [6, 6.07) is 17.5. The number of nitrogens with zero attached hydrogens (tertiary/aromatic N) is 1. The molecule has 0 amide bonds. The fraction of sp³-hybridized carbons (Fsp3) is 0.333. The van der Waals surface area contributed by atoms with Gasteiger partial charge in [0.15, 0.2) is 0 Å². The first-order valence-electron chi connectivity index (χ1n) is 7.69. The van der Waals surface area contributed by atoms with E-state index in [1.807, 2.05) is 54.6 Å². The molecule has 1 aliphatic rings. The second kappa shape index (κ2) is 7.25. The SMILES string of the molecule is O[C@H](c1ccccc1)[C@H](c1ccccc1Cl)N1CCNCC1. The summed E-state index contributed by atoms with van der Waals surface area (Å²) in [6.07, 6.45) is -0.598. The smallest absolute Gasteiger partial charge is 0.0987 e. The quantitative estimate of drug-likeness (QED) is 0.910. The Bertz CT molecular complexity index is 599. The van der Waals surface area contributed by atoms with Gasteiger partial charge in [-0.2, -0.15) is 0 Å². The molecule has 0 radical (unpaired) electrons. The molecule has 3 nitrogen and oxygen atoms in total. The van der Waals surface area contributed by atoms with Crippen LogP contribution in [0.25, 0.3) is 0 Å². The molecule has 1 fully saturated rings. The molecular weight excluding hydrogens is 296 g/mol. The molecule has 116 valence electrons. The highest BCUT2D eigenvalue weighted by atomic mass is 35.5. The van der Waals surface area contributed by atoms with Crippen LogP contribution in [0.1, 0.15) is 23.3 Å². The molecule has 22 heavy (non-hydrogen) atoms. The van der Waals surface area contributed by atoms with Crippen LogP contribution in [-0.4, -0.2) is 36.2 Å². The third kappa shape index (κ3) is 3.33. The molecule has 1 saturated heterocycles. The summed E-state index contributed by atoms with van der Waals surface area (Å²) < 4.78 is 0. The molecule has 2 atom stereocenters. The van der Waals surface area contributed by atoms with Crippen LogP contribution in [-0.2, 0) is 0 Å². The van der Waals surface area contributed by atoms with Crippen LogP contribution in [0, 0.1) is 0 Å². The van der Waals surface area contributed by atoms with Gasteiger partial charge in [-0.05, 0) is 17.2 Å². The molecular formula is C18H21ClN2O. The van der Waals surface area contributed by atoms with Crippen molar-refractivity contribution in [2.45, 2.75) is 12.1 Å². The number of piperazine rings is 1. The highest BCUT2D eigenvalue weighted by Gasteiger charge is 2.31. The average Bonchev–Trinajstić information content (AvgIpc) is 2.58. The van der Waals surface area contributed by atoms with E-state index in [0.29, 0.717) is 5.02 Å². The van der Waals surface area contributed by atoms with E-state index >= 15 is 0 Å². The molecule has 1 aliphatic heterocycles. The number of aliphatic hydroxyl groups excluding tert-OH is 1. The van der Waals surface area contributed by atoms with Gasteiger partial charge in [-0.1, -0.05) is 60.1 Å². The zero-order valence-electron chi connectivity index (χ0n) is 12.5. The second-order valence-electron chi connectivity index (χ2n) is 5.61. The lowest BCUT2D eigenvalue weighted by atomic mass is 9.94. The van der Waals surface area contributed by atoms with Crippen molar-refractivity contribution in [3.8, 4) is 0 Å². The summed E-state index contributed by atoms with van der Waals surface area (Å²) >= 11 is 6.42. The molecule has 3 rings (SSSR count). The monoisotopic (exact) mass is 316 g/mol. The maximum atomic E-state index is 11.0. The maximum Gasteiger partial charge on any atom is 0.0987 e. The first-order valence-corrected chi connectivity index (χ1v) is 8.07. The van der Waals surface area contributed by atoms with Gasteiger partial charge in [-0.3, -0.25) is 4.90 Å². The maximum absolute atomic E-state index is 11.0. The van der Waals surface area contributed by atoms with E-state index in [9.17, 15) is 5.11 Å². The van der Waals surface area contributed by atoms with Crippen molar-refractivity contribution in [1.29, 1.82) is 0 Å². The minimum Gasteiger partial charge on any atom is -0.386 e. The molecule has 2 aromatic carbocycles. The van der Waals surface area contributed by atoms with Gasteiger partial charge >= 0.3 is 0 Å². The van der Waals surface area contributed by atoms with Gasteiger partial charge in [0.2, 0.25) is 0 Å². The number of hydrogen-bond acceptors (Lipinski definition) is 3. The third-order valence-electron chi connectivity index (χ3n) is 4.21. The summed E-state index contributed by atoms with van der Waals surface area (Å²) in [5.41, 5.74) is 1.91. The fourth-order valence-corrected chi connectivity index (χ4v) is 3.32. The number of benzene rings is 2. The van der Waals surface area contributed by atoms with E-state index in [4.69, 9.17) is 11.6 Å². The minimum atomic E-state index is -0.598. The van der Waals surface area contributed by atoms with E-state index < -0.39 is 6.10 Å². The van der Waals surface area contributed by atoms with Crippen molar-refractivity contribution in [1.82, 2.24) is 10.2 Å². The van der Waals surface area contributed by atoms with Gasteiger partial charge in [0.1, 0.15) is 0 Å². The number of aliphatic hydroxyl groups is 1. The van der Waals surface area contributed by atoms with Gasteiger partial charge in [0.05, 0.1) is 12.1 Å². The van der Waals surface area contributed by atoms with Gasteiger partial charge < -0.3 is 10.4 Å². The van der Waals surface area contributed by atoms with Crippen LogP contribution in [0.3, 0.4) is 0 Å². The first kappa shape index (κ1) is 15.5. The van der Waals surface area contributed by atoms with Crippen molar-refractivity contribution >= 4 is 11.6 Å². The van der Waals surface area contributed by atoms with E-state index in [2.05, 4.69) is 10.2 Å². The van der Waals surface area contributed by atoms with Crippen molar-refractivity contribution in [2.75, 3.05) is 26.2 Å². The Hall–Kier alpha value is -1.39. The fourth-order valence-electron chi connectivity index (χ4n) is 3.07. The molecule has 0 spiro atoms. The summed E-state index contributed by atoms with van der Waals surface area (Å²) in [5.74, 6) is 0. The topological polar surface area (TPSA) is 35.5 Å². The summed E-state index contributed by atoms with van der Waals surface area (Å²) in [5, 5.41) is 15.1. The average molecular weight is 317 g/mol. The van der Waals surface area contributed by atoms with Crippen LogP contribution in [0.5, 0.6) is 0 Å². The Kier molecular flexibility index (Phi) is 5.11. The third-order valence-corrected chi connectivity index (χ3v) is 4.55. The Morgan fingerprint density at radius 2 is 1.59 bits per heavy atom. The zero-order chi connectivity index (χ0) is 15.4. The largest absolute Gasteiger partial charge is 0.386 e. The number of halogens is 1. The van der Waals surface area contributed by atoms with Crippen LogP contribution in [0.15, 0.2) is 54.6 Å². The lowest BCUT2D eigenvalue weighted by Crippen LogP contribution is -2.46. The van der Waals surface area contributed by atoms with Crippen LogP contribution < -0.4 is 5.32 Å². The van der Waals surface area contributed by atoms with Crippen molar-refractivity contribution in [2.24, 2.45) is 0 Å². The first-order chi connectivity index (χ1) is 10.8. The Morgan fingerprint density at radius 1 is 0.955 bits per heavy atom. The van der Waals surface area contributed by atoms with Gasteiger partial charge in [0.25, 0.3) is 0 Å². The standard InChI is InChI=1S/C18H21ClN2O/c19-16-9-5-4-8-15(16)17(21-12-10-20-11-13-21)18(22)14-6-2-1-3-7-14/h1-9,17-18,20,22H,10-13H2/t17-,18+/m0/s1. The van der Waals surface area contributed by atoms with E-state index in [1.54, 1.807) is 0 Å². The number of hydrogen-bond donors (Lipinski definition) is 2. The molecule has 0 unspecified atom stereocenters. The van der Waals surface area contributed by atoms with E-state index in [1.165, 1.54) is 0 Å². The normalized spacial score (nSPS) is 18.8. The van der Waals surface area contributed by atoms with Crippen LogP contribution in [0.2, 0.25) is 5.02 Å². The Morgan fingerprint density at radius 3 is 2.27 bits per heavy atom. The molecule has 0 saturated carbocycles. The number of nitrogens with one attached hydrogen (secondary N) is 1. The molecule has 0 aliphatic carbocycles. The molecule has 2 aromatic rings. The predicted octanol–water partition coefficient (Wildman–Crippen LogP) is 3.02. The molecule has 2 N–H and O–H groups in total. The lowest BCUT2D eigenvalue weighted by molar-refractivity contribution is 0.0402.